The first-order chi connectivity index (χ1) is 13.8. The Bertz CT molecular complexity index is 947. The third-order valence-corrected chi connectivity index (χ3v) is 5.93. The average molecular weight is 420 g/mol. The number of hydrogen-bond acceptors (Lipinski definition) is 5. The van der Waals surface area contributed by atoms with E-state index in [-0.39, 0.29) is 29.7 Å². The highest BCUT2D eigenvalue weighted by atomic mass is 35.5. The van der Waals surface area contributed by atoms with Crippen LogP contribution in [0.4, 0.5) is 5.69 Å². The maximum atomic E-state index is 11.4. The molecule has 1 aliphatic carbocycles. The van der Waals surface area contributed by atoms with Gasteiger partial charge in [0.2, 0.25) is 0 Å². The second kappa shape index (κ2) is 8.39. The van der Waals surface area contributed by atoms with Crippen LogP contribution in [0, 0.1) is 10.1 Å². The Balaban J connectivity index is 1.99. The molecule has 0 amide bonds. The van der Waals surface area contributed by atoms with Gasteiger partial charge in [-0.15, -0.1) is 0 Å². The number of carboxylic acid groups (broad SMARTS) is 1. The molecule has 2 aromatic carbocycles. The summed E-state index contributed by atoms with van der Waals surface area (Å²) < 4.78 is 11.6. The predicted molar refractivity (Wildman–Crippen MR) is 108 cm³/mol. The maximum absolute atomic E-state index is 11.4. The average Bonchev–Trinajstić information content (AvgIpc) is 2.70. The number of nitro benzene ring substituents is 1. The van der Waals surface area contributed by atoms with E-state index in [1.165, 1.54) is 12.1 Å². The quantitative estimate of drug-likeness (QED) is 0.518. The van der Waals surface area contributed by atoms with Crippen molar-refractivity contribution >= 4 is 23.3 Å². The smallest absolute Gasteiger partial charge is 0.335 e. The summed E-state index contributed by atoms with van der Waals surface area (Å²) in [6.07, 6.45) is 2.38. The van der Waals surface area contributed by atoms with E-state index in [9.17, 15) is 14.9 Å². The van der Waals surface area contributed by atoms with Crippen LogP contribution in [0.1, 0.15) is 41.3 Å². The van der Waals surface area contributed by atoms with Crippen molar-refractivity contribution in [3.8, 4) is 5.75 Å². The Morgan fingerprint density at radius 1 is 1.34 bits per heavy atom. The van der Waals surface area contributed by atoms with Crippen LogP contribution in [0.3, 0.4) is 0 Å². The third-order valence-electron chi connectivity index (χ3n) is 5.69. The molecule has 7 nitrogen and oxygen atoms in total. The van der Waals surface area contributed by atoms with Gasteiger partial charge in [0, 0.05) is 18.2 Å². The van der Waals surface area contributed by atoms with Gasteiger partial charge in [0.15, 0.2) is 5.75 Å². The highest BCUT2D eigenvalue weighted by molar-refractivity contribution is 6.30. The zero-order valence-corrected chi connectivity index (χ0v) is 16.9. The minimum absolute atomic E-state index is 0.0313. The minimum atomic E-state index is -1.23. The summed E-state index contributed by atoms with van der Waals surface area (Å²) in [6, 6.07) is 9.38. The number of carboxylic acids is 1. The number of methoxy groups -OCH3 is 1. The molecule has 0 heterocycles. The molecule has 0 radical (unpaired) electrons. The lowest BCUT2D eigenvalue weighted by atomic mass is 9.67. The van der Waals surface area contributed by atoms with Gasteiger partial charge in [-0.3, -0.25) is 10.1 Å². The van der Waals surface area contributed by atoms with Crippen LogP contribution in [0.25, 0.3) is 0 Å². The molecule has 0 aromatic heterocycles. The number of aryl methyl sites for hydroxylation is 1. The van der Waals surface area contributed by atoms with Crippen LogP contribution in [-0.4, -0.2) is 35.8 Å². The van der Waals surface area contributed by atoms with Crippen LogP contribution >= 0.6 is 11.6 Å². The van der Waals surface area contributed by atoms with Crippen molar-refractivity contribution in [3.05, 3.63) is 68.2 Å². The minimum Gasteiger partial charge on any atom is -0.486 e. The van der Waals surface area contributed by atoms with Crippen LogP contribution < -0.4 is 4.74 Å². The fourth-order valence-corrected chi connectivity index (χ4v) is 4.22. The van der Waals surface area contributed by atoms with Crippen molar-refractivity contribution in [1.82, 2.24) is 0 Å². The first-order valence-corrected chi connectivity index (χ1v) is 9.62. The number of fused-ring (bicyclic) bond motifs is 1. The predicted octanol–water partition coefficient (Wildman–Crippen LogP) is 4.63. The number of hydrogen-bond donors (Lipinski definition) is 1. The second-order valence-corrected chi connectivity index (χ2v) is 7.66. The Morgan fingerprint density at radius 2 is 2.10 bits per heavy atom. The van der Waals surface area contributed by atoms with E-state index in [2.05, 4.69) is 0 Å². The topological polar surface area (TPSA) is 98.9 Å². The monoisotopic (exact) mass is 419 g/mol. The highest BCUT2D eigenvalue weighted by Crippen LogP contribution is 2.43. The number of rotatable bonds is 7. The van der Waals surface area contributed by atoms with Crippen LogP contribution in [0.2, 0.25) is 5.02 Å². The van der Waals surface area contributed by atoms with E-state index in [1.54, 1.807) is 7.11 Å². The Kier molecular flexibility index (Phi) is 6.10. The zero-order valence-electron chi connectivity index (χ0n) is 16.2. The molecule has 8 heteroatoms. The van der Waals surface area contributed by atoms with Crippen molar-refractivity contribution in [2.24, 2.45) is 0 Å². The van der Waals surface area contributed by atoms with Gasteiger partial charge in [-0.2, -0.15) is 0 Å². The third kappa shape index (κ3) is 4.06. The van der Waals surface area contributed by atoms with Crippen molar-refractivity contribution in [1.29, 1.82) is 0 Å². The molecule has 0 bridgehead atoms. The largest absolute Gasteiger partial charge is 0.486 e. The summed E-state index contributed by atoms with van der Waals surface area (Å²) >= 11 is 6.17. The molecule has 154 valence electrons. The summed E-state index contributed by atoms with van der Waals surface area (Å²) in [4.78, 5) is 22.0. The number of ether oxygens (including phenoxy) is 2. The fourth-order valence-electron chi connectivity index (χ4n) is 4.02. The summed E-state index contributed by atoms with van der Waals surface area (Å²) in [7, 11) is 1.63. The Labute approximate surface area is 173 Å². The number of benzene rings is 2. The number of carbonyl (C=O) groups is 1. The molecule has 3 rings (SSSR count). The van der Waals surface area contributed by atoms with E-state index < -0.39 is 16.3 Å². The van der Waals surface area contributed by atoms with E-state index >= 15 is 0 Å². The molecule has 2 aromatic rings. The second-order valence-electron chi connectivity index (χ2n) is 7.22. The number of nitrogens with zero attached hydrogens (tertiary/aromatic N) is 1. The number of nitro groups is 1. The van der Waals surface area contributed by atoms with Crippen molar-refractivity contribution < 1.29 is 24.3 Å². The van der Waals surface area contributed by atoms with Crippen LogP contribution in [0.5, 0.6) is 5.75 Å². The Morgan fingerprint density at radius 3 is 2.76 bits per heavy atom. The van der Waals surface area contributed by atoms with Gasteiger partial charge < -0.3 is 14.6 Å². The molecule has 0 spiro atoms. The SMILES string of the molecule is COC(C)[C@]1(COc2ccc(C(=O)O)cc2[N+](=O)[O-])CCCc2cc(Cl)ccc21. The number of aromatic carboxylic acids is 1. The van der Waals surface area contributed by atoms with Gasteiger partial charge in [-0.25, -0.2) is 4.79 Å². The molecule has 1 unspecified atom stereocenters. The van der Waals surface area contributed by atoms with Gasteiger partial charge in [-0.05, 0) is 61.6 Å². The van der Waals surface area contributed by atoms with Crippen molar-refractivity contribution in [2.45, 2.75) is 37.7 Å². The Hall–Kier alpha value is -2.64. The first kappa shape index (κ1) is 21.1. The van der Waals surface area contributed by atoms with E-state index in [4.69, 9.17) is 26.2 Å². The summed E-state index contributed by atoms with van der Waals surface area (Å²) in [5.41, 5.74) is 1.13. The first-order valence-electron chi connectivity index (χ1n) is 9.24. The lowest BCUT2D eigenvalue weighted by molar-refractivity contribution is -0.386. The fraction of sp³-hybridized carbons (Fsp3) is 0.381. The van der Waals surface area contributed by atoms with Crippen LogP contribution in [-0.2, 0) is 16.6 Å². The van der Waals surface area contributed by atoms with Crippen molar-refractivity contribution in [3.63, 3.8) is 0 Å². The van der Waals surface area contributed by atoms with Gasteiger partial charge >= 0.3 is 11.7 Å². The van der Waals surface area contributed by atoms with Gasteiger partial charge in [0.25, 0.3) is 0 Å². The molecule has 0 saturated carbocycles. The summed E-state index contributed by atoms with van der Waals surface area (Å²) in [5, 5.41) is 21.2. The molecule has 29 heavy (non-hydrogen) atoms. The zero-order chi connectivity index (χ0) is 21.2. The lowest BCUT2D eigenvalue weighted by Crippen LogP contribution is -2.46. The molecule has 1 aliphatic rings. The molecular weight excluding hydrogens is 398 g/mol. The normalized spacial score (nSPS) is 19.3. The summed E-state index contributed by atoms with van der Waals surface area (Å²) in [5.74, 6) is -1.20. The highest BCUT2D eigenvalue weighted by Gasteiger charge is 2.43. The molecule has 0 saturated heterocycles. The molecular formula is C21H22ClNO6. The van der Waals surface area contributed by atoms with Crippen molar-refractivity contribution in [2.75, 3.05) is 13.7 Å². The van der Waals surface area contributed by atoms with E-state index in [1.807, 2.05) is 25.1 Å². The summed E-state index contributed by atoms with van der Waals surface area (Å²) in [6.45, 7) is 2.11. The molecule has 1 N–H and O–H groups in total. The molecule has 2 atom stereocenters. The standard InChI is InChI=1S/C21H22ClNO6/c1-13(28-2)21(9-3-4-14-10-16(22)6-7-17(14)21)12-29-19-8-5-15(20(24)25)11-18(19)23(26)27/h5-8,10-11,13H,3-4,9,12H2,1-2H3,(H,24,25)/t13?,21-/m1/s1. The van der Waals surface area contributed by atoms with Gasteiger partial charge in [0.1, 0.15) is 6.61 Å². The van der Waals surface area contributed by atoms with Crippen LogP contribution in [0.15, 0.2) is 36.4 Å². The van der Waals surface area contributed by atoms with E-state index in [0.29, 0.717) is 5.02 Å². The van der Waals surface area contributed by atoms with Gasteiger partial charge in [-0.1, -0.05) is 17.7 Å². The maximum Gasteiger partial charge on any atom is 0.335 e. The number of halogens is 1. The van der Waals surface area contributed by atoms with Gasteiger partial charge in [0.05, 0.1) is 22.0 Å². The lowest BCUT2D eigenvalue weighted by Gasteiger charge is -2.42. The molecule has 0 aliphatic heterocycles. The molecule has 0 fully saturated rings. The van der Waals surface area contributed by atoms with E-state index in [0.717, 1.165) is 36.5 Å².